The summed E-state index contributed by atoms with van der Waals surface area (Å²) < 4.78 is 7.60. The third kappa shape index (κ3) is 3.06. The zero-order valence-corrected chi connectivity index (χ0v) is 13.1. The van der Waals surface area contributed by atoms with Crippen molar-refractivity contribution in [1.82, 2.24) is 9.97 Å². The standard InChI is InChI=1S/C13H11Br2N3O/c14-8-3-4-10(9(15)5-8)19-12-6-11(16)17-13(18-12)7-1-2-7/h3-7H,1-2H2,(H2,16,17,18). The van der Waals surface area contributed by atoms with E-state index in [9.17, 15) is 0 Å². The first-order valence-electron chi connectivity index (χ1n) is 5.89. The molecule has 1 saturated carbocycles. The van der Waals surface area contributed by atoms with Crippen molar-refractivity contribution in [3.63, 3.8) is 0 Å². The summed E-state index contributed by atoms with van der Waals surface area (Å²) in [6.07, 6.45) is 2.26. The van der Waals surface area contributed by atoms with Gasteiger partial charge >= 0.3 is 0 Å². The predicted octanol–water partition coefficient (Wildman–Crippen LogP) is 4.25. The van der Waals surface area contributed by atoms with E-state index in [4.69, 9.17) is 10.5 Å². The molecule has 98 valence electrons. The van der Waals surface area contributed by atoms with Gasteiger partial charge in [0.15, 0.2) is 0 Å². The molecular weight excluding hydrogens is 374 g/mol. The summed E-state index contributed by atoms with van der Waals surface area (Å²) in [7, 11) is 0. The second-order valence-corrected chi connectivity index (χ2v) is 6.21. The van der Waals surface area contributed by atoms with Crippen LogP contribution in [0.2, 0.25) is 0 Å². The highest BCUT2D eigenvalue weighted by Gasteiger charge is 2.27. The molecule has 0 unspecified atom stereocenters. The topological polar surface area (TPSA) is 61.0 Å². The van der Waals surface area contributed by atoms with Crippen LogP contribution in [-0.2, 0) is 0 Å². The first-order chi connectivity index (χ1) is 9.11. The fraction of sp³-hybridized carbons (Fsp3) is 0.231. The van der Waals surface area contributed by atoms with Crippen LogP contribution in [0.5, 0.6) is 11.6 Å². The molecule has 3 rings (SSSR count). The molecule has 0 radical (unpaired) electrons. The highest BCUT2D eigenvalue weighted by Crippen LogP contribution is 2.39. The maximum absolute atomic E-state index is 5.79. The number of halogens is 2. The minimum absolute atomic E-state index is 0.444. The first kappa shape index (κ1) is 12.9. The number of benzene rings is 1. The molecule has 0 spiro atoms. The Morgan fingerprint density at radius 1 is 1.16 bits per heavy atom. The molecular formula is C13H11Br2N3O. The van der Waals surface area contributed by atoms with Gasteiger partial charge < -0.3 is 10.5 Å². The molecule has 6 heteroatoms. The van der Waals surface area contributed by atoms with Crippen LogP contribution in [0.3, 0.4) is 0 Å². The third-order valence-corrected chi connectivity index (χ3v) is 3.90. The lowest BCUT2D eigenvalue weighted by atomic mass is 10.3. The van der Waals surface area contributed by atoms with Gasteiger partial charge in [-0.3, -0.25) is 0 Å². The molecule has 0 atom stereocenters. The summed E-state index contributed by atoms with van der Waals surface area (Å²) in [5.74, 6) is 2.85. The Kier molecular flexibility index (Phi) is 3.45. The van der Waals surface area contributed by atoms with Crippen molar-refractivity contribution in [2.45, 2.75) is 18.8 Å². The molecule has 2 aromatic rings. The molecule has 0 aliphatic heterocycles. The average Bonchev–Trinajstić information content (AvgIpc) is 3.16. The quantitative estimate of drug-likeness (QED) is 0.858. The Balaban J connectivity index is 1.89. The van der Waals surface area contributed by atoms with Crippen LogP contribution in [0.1, 0.15) is 24.6 Å². The Morgan fingerprint density at radius 2 is 1.95 bits per heavy atom. The SMILES string of the molecule is Nc1cc(Oc2ccc(Br)cc2Br)nc(C2CC2)n1. The average molecular weight is 385 g/mol. The second kappa shape index (κ2) is 5.09. The van der Waals surface area contributed by atoms with E-state index in [1.807, 2.05) is 18.2 Å². The lowest BCUT2D eigenvalue weighted by molar-refractivity contribution is 0.456. The maximum Gasteiger partial charge on any atom is 0.224 e. The number of aromatic nitrogens is 2. The van der Waals surface area contributed by atoms with E-state index < -0.39 is 0 Å². The van der Waals surface area contributed by atoms with Gasteiger partial charge in [-0.05, 0) is 47.0 Å². The van der Waals surface area contributed by atoms with Crippen LogP contribution >= 0.6 is 31.9 Å². The summed E-state index contributed by atoms with van der Waals surface area (Å²) in [5, 5.41) is 0. The largest absolute Gasteiger partial charge is 0.438 e. The van der Waals surface area contributed by atoms with Crippen LogP contribution in [0.4, 0.5) is 5.82 Å². The number of hydrogen-bond acceptors (Lipinski definition) is 4. The van der Waals surface area contributed by atoms with Crippen molar-refractivity contribution in [3.05, 3.63) is 39.0 Å². The fourth-order valence-electron chi connectivity index (χ4n) is 1.71. The molecule has 0 bridgehead atoms. The molecule has 19 heavy (non-hydrogen) atoms. The van der Waals surface area contributed by atoms with Gasteiger partial charge in [0.2, 0.25) is 5.88 Å². The van der Waals surface area contributed by atoms with E-state index in [0.29, 0.717) is 23.4 Å². The summed E-state index contributed by atoms with van der Waals surface area (Å²) in [6, 6.07) is 7.33. The van der Waals surface area contributed by atoms with Gasteiger partial charge in [-0.25, -0.2) is 4.98 Å². The summed E-state index contributed by atoms with van der Waals surface area (Å²) in [5.41, 5.74) is 5.79. The van der Waals surface area contributed by atoms with E-state index >= 15 is 0 Å². The normalized spacial score (nSPS) is 14.4. The van der Waals surface area contributed by atoms with Gasteiger partial charge in [-0.2, -0.15) is 4.98 Å². The van der Waals surface area contributed by atoms with E-state index in [1.54, 1.807) is 6.07 Å². The zero-order chi connectivity index (χ0) is 13.4. The van der Waals surface area contributed by atoms with Gasteiger partial charge in [0.1, 0.15) is 17.4 Å². The van der Waals surface area contributed by atoms with Gasteiger partial charge in [0.25, 0.3) is 0 Å². The first-order valence-corrected chi connectivity index (χ1v) is 7.48. The van der Waals surface area contributed by atoms with Gasteiger partial charge in [-0.15, -0.1) is 0 Å². The van der Waals surface area contributed by atoms with E-state index in [2.05, 4.69) is 41.8 Å². The fourth-order valence-corrected chi connectivity index (χ4v) is 2.84. The highest BCUT2D eigenvalue weighted by molar-refractivity contribution is 9.11. The maximum atomic E-state index is 5.79. The van der Waals surface area contributed by atoms with Crippen molar-refractivity contribution in [2.75, 3.05) is 5.73 Å². The molecule has 1 aliphatic carbocycles. The van der Waals surface area contributed by atoms with E-state index in [1.165, 1.54) is 0 Å². The Hall–Kier alpha value is -1.14. The number of nitrogens with zero attached hydrogens (tertiary/aromatic N) is 2. The number of nitrogen functional groups attached to an aromatic ring is 1. The summed E-state index contributed by atoms with van der Waals surface area (Å²) in [6.45, 7) is 0. The van der Waals surface area contributed by atoms with Crippen LogP contribution in [-0.4, -0.2) is 9.97 Å². The predicted molar refractivity (Wildman–Crippen MR) is 80.3 cm³/mol. The van der Waals surface area contributed by atoms with Crippen molar-refractivity contribution in [1.29, 1.82) is 0 Å². The lowest BCUT2D eigenvalue weighted by Gasteiger charge is -2.09. The van der Waals surface area contributed by atoms with Crippen molar-refractivity contribution < 1.29 is 4.74 Å². The van der Waals surface area contributed by atoms with E-state index in [0.717, 1.165) is 27.6 Å². The van der Waals surface area contributed by atoms with Crippen molar-refractivity contribution >= 4 is 37.7 Å². The number of nitrogens with two attached hydrogens (primary N) is 1. The van der Waals surface area contributed by atoms with Crippen molar-refractivity contribution in [2.24, 2.45) is 0 Å². The zero-order valence-electron chi connectivity index (χ0n) is 9.94. The molecule has 0 saturated heterocycles. The minimum atomic E-state index is 0.444. The minimum Gasteiger partial charge on any atom is -0.438 e. The molecule has 0 amide bonds. The number of ether oxygens (including phenoxy) is 1. The van der Waals surface area contributed by atoms with Gasteiger partial charge in [0.05, 0.1) is 4.47 Å². The Morgan fingerprint density at radius 3 is 2.63 bits per heavy atom. The monoisotopic (exact) mass is 383 g/mol. The van der Waals surface area contributed by atoms with Crippen LogP contribution < -0.4 is 10.5 Å². The molecule has 1 aromatic heterocycles. The molecule has 4 nitrogen and oxygen atoms in total. The molecule has 1 aromatic carbocycles. The summed E-state index contributed by atoms with van der Waals surface area (Å²) in [4.78, 5) is 8.65. The Bertz CT molecular complexity index is 629. The lowest BCUT2D eigenvalue weighted by Crippen LogP contribution is -2.00. The van der Waals surface area contributed by atoms with Gasteiger partial charge in [-0.1, -0.05) is 15.9 Å². The number of rotatable bonds is 3. The van der Waals surface area contributed by atoms with Crippen LogP contribution in [0.25, 0.3) is 0 Å². The molecule has 2 N–H and O–H groups in total. The molecule has 1 heterocycles. The third-order valence-electron chi connectivity index (χ3n) is 2.79. The van der Waals surface area contributed by atoms with Crippen LogP contribution in [0, 0.1) is 0 Å². The smallest absolute Gasteiger partial charge is 0.224 e. The molecule has 1 fully saturated rings. The number of hydrogen-bond donors (Lipinski definition) is 1. The second-order valence-electron chi connectivity index (χ2n) is 4.44. The van der Waals surface area contributed by atoms with Crippen molar-refractivity contribution in [3.8, 4) is 11.6 Å². The Labute approximate surface area is 127 Å². The van der Waals surface area contributed by atoms with E-state index in [-0.39, 0.29) is 0 Å². The highest BCUT2D eigenvalue weighted by atomic mass is 79.9. The summed E-state index contributed by atoms with van der Waals surface area (Å²) >= 11 is 6.85. The molecule has 1 aliphatic rings. The van der Waals surface area contributed by atoms with Crippen LogP contribution in [0.15, 0.2) is 33.2 Å². The number of anilines is 1. The van der Waals surface area contributed by atoms with Gasteiger partial charge in [0, 0.05) is 16.5 Å².